The molecule has 0 unspecified atom stereocenters. The fraction of sp³-hybridized carbons (Fsp3) is 0.400. The maximum atomic E-state index is 12.3. The molecular weight excluding hydrogens is 302 g/mol. The van der Waals surface area contributed by atoms with Crippen molar-refractivity contribution in [1.82, 2.24) is 14.9 Å². The van der Waals surface area contributed by atoms with Gasteiger partial charge in [0.05, 0.1) is 18.6 Å². The highest BCUT2D eigenvalue weighted by molar-refractivity contribution is 7.09. The van der Waals surface area contributed by atoms with E-state index in [0.29, 0.717) is 12.1 Å². The Morgan fingerprint density at radius 2 is 2.27 bits per heavy atom. The average molecular weight is 321 g/mol. The molecule has 0 aliphatic rings. The van der Waals surface area contributed by atoms with Crippen LogP contribution in [0.3, 0.4) is 0 Å². The number of carboxylic acid groups (broad SMARTS) is 1. The molecule has 0 atom stereocenters. The molecule has 0 fully saturated rings. The maximum Gasteiger partial charge on any atom is 0.323 e. The second-order valence-electron chi connectivity index (χ2n) is 5.05. The third-order valence-electron chi connectivity index (χ3n) is 3.35. The van der Waals surface area contributed by atoms with Crippen molar-refractivity contribution in [3.8, 4) is 0 Å². The van der Waals surface area contributed by atoms with Crippen LogP contribution in [-0.2, 0) is 22.6 Å². The topological polar surface area (TPSA) is 86.3 Å². The number of aromatic amines is 1. The third-order valence-corrected chi connectivity index (χ3v) is 4.28. The van der Waals surface area contributed by atoms with E-state index in [1.54, 1.807) is 17.7 Å². The summed E-state index contributed by atoms with van der Waals surface area (Å²) in [5.74, 6) is -1.17. The van der Waals surface area contributed by atoms with Crippen LogP contribution >= 0.6 is 11.3 Å². The van der Waals surface area contributed by atoms with Crippen LogP contribution in [0.15, 0.2) is 23.8 Å². The van der Waals surface area contributed by atoms with Crippen LogP contribution in [0.5, 0.6) is 0 Å². The number of hydrogen-bond donors (Lipinski definition) is 2. The Hall–Kier alpha value is -2.15. The van der Waals surface area contributed by atoms with E-state index in [9.17, 15) is 9.59 Å². The van der Waals surface area contributed by atoms with Gasteiger partial charge in [-0.2, -0.15) is 0 Å². The zero-order valence-corrected chi connectivity index (χ0v) is 13.2. The number of nitrogens with zero attached hydrogens (tertiary/aromatic N) is 2. The molecule has 0 aromatic carbocycles. The fourth-order valence-corrected chi connectivity index (χ4v) is 2.90. The van der Waals surface area contributed by atoms with Gasteiger partial charge in [-0.25, -0.2) is 4.98 Å². The SMILES string of the molecule is Cc1[nH]cnc1CN(CC(=O)O)C(=O)CCCc1cccs1. The van der Waals surface area contributed by atoms with E-state index in [1.807, 2.05) is 24.4 Å². The first-order valence-corrected chi connectivity index (χ1v) is 7.95. The van der Waals surface area contributed by atoms with Gasteiger partial charge < -0.3 is 15.0 Å². The lowest BCUT2D eigenvalue weighted by molar-refractivity contribution is -0.145. The number of carboxylic acids is 1. The lowest BCUT2D eigenvalue weighted by Crippen LogP contribution is -2.35. The summed E-state index contributed by atoms with van der Waals surface area (Å²) in [4.78, 5) is 32.9. The summed E-state index contributed by atoms with van der Waals surface area (Å²) < 4.78 is 0. The highest BCUT2D eigenvalue weighted by atomic mass is 32.1. The van der Waals surface area contributed by atoms with Gasteiger partial charge in [0.25, 0.3) is 0 Å². The number of imidazole rings is 1. The highest BCUT2D eigenvalue weighted by Crippen LogP contribution is 2.13. The maximum absolute atomic E-state index is 12.3. The Morgan fingerprint density at radius 1 is 1.45 bits per heavy atom. The largest absolute Gasteiger partial charge is 0.480 e. The van der Waals surface area contributed by atoms with Crippen molar-refractivity contribution in [2.45, 2.75) is 32.7 Å². The number of aryl methyl sites for hydroxylation is 2. The van der Waals surface area contributed by atoms with Crippen LogP contribution in [0, 0.1) is 6.92 Å². The Balaban J connectivity index is 1.90. The number of nitrogens with one attached hydrogen (secondary N) is 1. The Kier molecular flexibility index (Phi) is 5.71. The number of hydrogen-bond acceptors (Lipinski definition) is 4. The molecule has 2 aromatic rings. The second-order valence-corrected chi connectivity index (χ2v) is 6.08. The molecule has 7 heteroatoms. The smallest absolute Gasteiger partial charge is 0.323 e. The number of rotatable bonds is 8. The molecule has 0 spiro atoms. The summed E-state index contributed by atoms with van der Waals surface area (Å²) in [6, 6.07) is 4.02. The van der Waals surface area contributed by atoms with Crippen molar-refractivity contribution in [2.24, 2.45) is 0 Å². The molecule has 2 rings (SSSR count). The van der Waals surface area contributed by atoms with E-state index in [4.69, 9.17) is 5.11 Å². The summed E-state index contributed by atoms with van der Waals surface area (Å²) in [5.41, 5.74) is 1.55. The predicted octanol–water partition coefficient (Wildman–Crippen LogP) is 2.22. The average Bonchev–Trinajstić information content (AvgIpc) is 3.10. The number of thiophene rings is 1. The summed E-state index contributed by atoms with van der Waals surface area (Å²) >= 11 is 1.67. The minimum atomic E-state index is -1.01. The first-order valence-electron chi connectivity index (χ1n) is 7.07. The molecule has 1 amide bonds. The molecule has 6 nitrogen and oxygen atoms in total. The number of carbonyl (C=O) groups excluding carboxylic acids is 1. The Morgan fingerprint density at radius 3 is 2.86 bits per heavy atom. The summed E-state index contributed by atoms with van der Waals surface area (Å²) in [6.45, 7) is 1.77. The molecule has 0 radical (unpaired) electrons. The molecule has 0 bridgehead atoms. The van der Waals surface area contributed by atoms with Gasteiger partial charge in [0.2, 0.25) is 5.91 Å². The molecule has 2 N–H and O–H groups in total. The zero-order valence-electron chi connectivity index (χ0n) is 12.4. The molecule has 118 valence electrons. The molecular formula is C15H19N3O3S. The minimum absolute atomic E-state index is 0.152. The second kappa shape index (κ2) is 7.74. The van der Waals surface area contributed by atoms with Crippen LogP contribution in [0.25, 0.3) is 0 Å². The highest BCUT2D eigenvalue weighted by Gasteiger charge is 2.18. The minimum Gasteiger partial charge on any atom is -0.480 e. The van der Waals surface area contributed by atoms with Crippen LogP contribution in [0.1, 0.15) is 29.1 Å². The van der Waals surface area contributed by atoms with Gasteiger partial charge in [-0.1, -0.05) is 6.07 Å². The van der Waals surface area contributed by atoms with E-state index in [-0.39, 0.29) is 19.0 Å². The predicted molar refractivity (Wildman–Crippen MR) is 83.6 cm³/mol. The Labute approximate surface area is 132 Å². The molecule has 0 saturated heterocycles. The first-order chi connectivity index (χ1) is 10.6. The van der Waals surface area contributed by atoms with Crippen molar-refractivity contribution in [2.75, 3.05) is 6.54 Å². The Bertz CT molecular complexity index is 622. The van der Waals surface area contributed by atoms with Gasteiger partial charge in [0.15, 0.2) is 0 Å². The summed E-state index contributed by atoms with van der Waals surface area (Å²) in [6.07, 6.45) is 3.44. The quantitative estimate of drug-likeness (QED) is 0.780. The monoisotopic (exact) mass is 321 g/mol. The lowest BCUT2D eigenvalue weighted by atomic mass is 10.2. The van der Waals surface area contributed by atoms with E-state index >= 15 is 0 Å². The van der Waals surface area contributed by atoms with Gasteiger partial charge in [0, 0.05) is 17.0 Å². The molecule has 22 heavy (non-hydrogen) atoms. The number of aliphatic carboxylic acids is 1. The van der Waals surface area contributed by atoms with Gasteiger partial charge in [-0.05, 0) is 31.2 Å². The van der Waals surface area contributed by atoms with Gasteiger partial charge in [-0.3, -0.25) is 9.59 Å². The van der Waals surface area contributed by atoms with Gasteiger partial charge in [0.1, 0.15) is 6.54 Å². The summed E-state index contributed by atoms with van der Waals surface area (Å²) in [5, 5.41) is 11.0. The van der Waals surface area contributed by atoms with Crippen LogP contribution in [-0.4, -0.2) is 38.4 Å². The third kappa shape index (κ3) is 4.70. The number of aromatic nitrogens is 2. The van der Waals surface area contributed by atoms with E-state index < -0.39 is 5.97 Å². The number of amides is 1. The standard InChI is InChI=1S/C15H19N3O3S/c1-11-13(17-10-16-11)8-18(9-15(20)21)14(19)6-2-4-12-5-3-7-22-12/h3,5,7,10H,2,4,6,8-9H2,1H3,(H,16,17)(H,20,21). The first kappa shape index (κ1) is 16.2. The van der Waals surface area contributed by atoms with Crippen LogP contribution in [0.2, 0.25) is 0 Å². The zero-order chi connectivity index (χ0) is 15.9. The van der Waals surface area contributed by atoms with Crippen molar-refractivity contribution in [3.05, 3.63) is 40.1 Å². The molecule has 0 aliphatic heterocycles. The number of carbonyl (C=O) groups is 2. The summed E-state index contributed by atoms with van der Waals surface area (Å²) in [7, 11) is 0. The van der Waals surface area contributed by atoms with Gasteiger partial charge in [-0.15, -0.1) is 11.3 Å². The molecule has 2 heterocycles. The van der Waals surface area contributed by atoms with Crippen molar-refractivity contribution < 1.29 is 14.7 Å². The fourth-order valence-electron chi connectivity index (χ4n) is 2.15. The van der Waals surface area contributed by atoms with E-state index in [2.05, 4.69) is 9.97 Å². The van der Waals surface area contributed by atoms with Crippen molar-refractivity contribution in [3.63, 3.8) is 0 Å². The lowest BCUT2D eigenvalue weighted by Gasteiger charge is -2.20. The van der Waals surface area contributed by atoms with E-state index in [1.165, 1.54) is 9.78 Å². The molecule has 0 saturated carbocycles. The molecule has 2 aromatic heterocycles. The number of H-pyrrole nitrogens is 1. The van der Waals surface area contributed by atoms with Crippen LogP contribution in [0.4, 0.5) is 0 Å². The van der Waals surface area contributed by atoms with Crippen LogP contribution < -0.4 is 0 Å². The van der Waals surface area contributed by atoms with Crippen molar-refractivity contribution in [1.29, 1.82) is 0 Å². The molecule has 0 aliphatic carbocycles. The van der Waals surface area contributed by atoms with Gasteiger partial charge >= 0.3 is 5.97 Å². The normalized spacial score (nSPS) is 10.6. The van der Waals surface area contributed by atoms with Crippen molar-refractivity contribution >= 4 is 23.2 Å². The van der Waals surface area contributed by atoms with E-state index in [0.717, 1.165) is 18.5 Å².